The van der Waals surface area contributed by atoms with Crippen molar-refractivity contribution in [1.82, 2.24) is 4.98 Å². The standard InChI is InChI=1S/C14H21BrN2O/c1-10-3-6-14(18,7-4-10)9-17-13-12(15)11(2)5-8-16-13/h5,8,10,18H,3-4,6-7,9H2,1-2H3,(H,16,17). The van der Waals surface area contributed by atoms with Crippen LogP contribution in [0.15, 0.2) is 16.7 Å². The molecule has 2 N–H and O–H groups in total. The predicted molar refractivity (Wildman–Crippen MR) is 77.7 cm³/mol. The number of halogens is 1. The zero-order valence-corrected chi connectivity index (χ0v) is 12.6. The van der Waals surface area contributed by atoms with Crippen LogP contribution in [0.5, 0.6) is 0 Å². The van der Waals surface area contributed by atoms with E-state index in [9.17, 15) is 5.11 Å². The summed E-state index contributed by atoms with van der Waals surface area (Å²) in [6.07, 6.45) is 5.77. The Hall–Kier alpha value is -0.610. The van der Waals surface area contributed by atoms with Crippen LogP contribution in [0, 0.1) is 12.8 Å². The molecule has 1 aromatic rings. The van der Waals surface area contributed by atoms with Gasteiger partial charge in [-0.1, -0.05) is 6.92 Å². The molecule has 0 atom stereocenters. The fourth-order valence-corrected chi connectivity index (χ4v) is 2.76. The van der Waals surface area contributed by atoms with Gasteiger partial charge in [-0.2, -0.15) is 0 Å². The van der Waals surface area contributed by atoms with E-state index in [0.717, 1.165) is 47.5 Å². The molecular weight excluding hydrogens is 292 g/mol. The Morgan fingerprint density at radius 2 is 2.17 bits per heavy atom. The molecular formula is C14H21BrN2O. The molecule has 18 heavy (non-hydrogen) atoms. The van der Waals surface area contributed by atoms with E-state index in [-0.39, 0.29) is 0 Å². The first-order valence-corrected chi connectivity index (χ1v) is 7.37. The predicted octanol–water partition coefficient (Wildman–Crippen LogP) is 3.51. The summed E-state index contributed by atoms with van der Waals surface area (Å²) in [5.41, 5.74) is 0.578. The largest absolute Gasteiger partial charge is 0.388 e. The van der Waals surface area contributed by atoms with E-state index in [1.165, 1.54) is 0 Å². The Kier molecular flexibility index (Phi) is 4.28. The van der Waals surface area contributed by atoms with E-state index in [0.29, 0.717) is 6.54 Å². The molecule has 0 amide bonds. The lowest BCUT2D eigenvalue weighted by atomic mass is 9.79. The maximum absolute atomic E-state index is 10.5. The van der Waals surface area contributed by atoms with Gasteiger partial charge in [0.15, 0.2) is 0 Å². The van der Waals surface area contributed by atoms with Crippen LogP contribution in [0.1, 0.15) is 38.2 Å². The van der Waals surface area contributed by atoms with Gasteiger partial charge in [0.25, 0.3) is 0 Å². The first kappa shape index (κ1) is 13.8. The SMILES string of the molecule is Cc1ccnc(NCC2(O)CCC(C)CC2)c1Br. The Balaban J connectivity index is 1.97. The molecule has 3 nitrogen and oxygen atoms in total. The maximum Gasteiger partial charge on any atom is 0.140 e. The van der Waals surface area contributed by atoms with E-state index in [1.54, 1.807) is 6.20 Å². The highest BCUT2D eigenvalue weighted by atomic mass is 79.9. The molecule has 1 saturated carbocycles. The topological polar surface area (TPSA) is 45.2 Å². The molecule has 1 aromatic heterocycles. The van der Waals surface area contributed by atoms with Crippen molar-refractivity contribution in [3.05, 3.63) is 22.3 Å². The summed E-state index contributed by atoms with van der Waals surface area (Å²) in [4.78, 5) is 4.30. The third-order valence-electron chi connectivity index (χ3n) is 3.87. The van der Waals surface area contributed by atoms with Crippen LogP contribution in [0.4, 0.5) is 5.82 Å². The third-order valence-corrected chi connectivity index (χ3v) is 4.87. The lowest BCUT2D eigenvalue weighted by Crippen LogP contribution is -2.40. The van der Waals surface area contributed by atoms with Crippen molar-refractivity contribution in [2.24, 2.45) is 5.92 Å². The summed E-state index contributed by atoms with van der Waals surface area (Å²) in [5.74, 6) is 1.57. The second-order valence-corrected chi connectivity index (χ2v) is 6.34. The zero-order chi connectivity index (χ0) is 13.2. The van der Waals surface area contributed by atoms with Crippen molar-refractivity contribution in [3.63, 3.8) is 0 Å². The maximum atomic E-state index is 10.5. The van der Waals surface area contributed by atoms with Gasteiger partial charge < -0.3 is 10.4 Å². The van der Waals surface area contributed by atoms with Crippen LogP contribution < -0.4 is 5.32 Å². The van der Waals surface area contributed by atoms with Gasteiger partial charge in [-0.3, -0.25) is 0 Å². The summed E-state index contributed by atoms with van der Waals surface area (Å²) < 4.78 is 0.984. The first-order valence-electron chi connectivity index (χ1n) is 6.57. The minimum absolute atomic E-state index is 0.572. The van der Waals surface area contributed by atoms with Crippen LogP contribution in [0.25, 0.3) is 0 Å². The second kappa shape index (κ2) is 5.57. The highest BCUT2D eigenvalue weighted by molar-refractivity contribution is 9.10. The molecule has 0 saturated heterocycles. The average molecular weight is 313 g/mol. The summed E-state index contributed by atoms with van der Waals surface area (Å²) in [6.45, 7) is 4.87. The number of rotatable bonds is 3. The summed E-state index contributed by atoms with van der Waals surface area (Å²) >= 11 is 3.53. The Bertz CT molecular complexity index is 414. The highest BCUT2D eigenvalue weighted by Gasteiger charge is 2.31. The molecule has 0 aromatic carbocycles. The van der Waals surface area contributed by atoms with Gasteiger partial charge in [0.2, 0.25) is 0 Å². The molecule has 1 aliphatic carbocycles. The van der Waals surface area contributed by atoms with Gasteiger partial charge >= 0.3 is 0 Å². The molecule has 1 heterocycles. The highest BCUT2D eigenvalue weighted by Crippen LogP contribution is 2.32. The summed E-state index contributed by atoms with van der Waals surface area (Å²) in [5, 5.41) is 13.8. The van der Waals surface area contributed by atoms with Crippen molar-refractivity contribution < 1.29 is 5.11 Å². The van der Waals surface area contributed by atoms with Crippen molar-refractivity contribution in [1.29, 1.82) is 0 Å². The Morgan fingerprint density at radius 1 is 1.50 bits per heavy atom. The number of pyridine rings is 1. The molecule has 2 rings (SSSR count). The number of nitrogens with one attached hydrogen (secondary N) is 1. The molecule has 0 bridgehead atoms. The molecule has 0 aliphatic heterocycles. The Morgan fingerprint density at radius 3 is 2.83 bits per heavy atom. The van der Waals surface area contributed by atoms with E-state index in [2.05, 4.69) is 33.2 Å². The van der Waals surface area contributed by atoms with E-state index in [1.807, 2.05) is 13.0 Å². The van der Waals surface area contributed by atoms with Crippen molar-refractivity contribution >= 4 is 21.7 Å². The zero-order valence-electron chi connectivity index (χ0n) is 11.0. The number of aryl methyl sites for hydroxylation is 1. The molecule has 100 valence electrons. The van der Waals surface area contributed by atoms with Crippen molar-refractivity contribution in [3.8, 4) is 0 Å². The minimum Gasteiger partial charge on any atom is -0.388 e. The van der Waals surface area contributed by atoms with Gasteiger partial charge in [-0.25, -0.2) is 4.98 Å². The van der Waals surface area contributed by atoms with E-state index in [4.69, 9.17) is 0 Å². The number of hydrogen-bond donors (Lipinski definition) is 2. The van der Waals surface area contributed by atoms with Crippen LogP contribution in [0.2, 0.25) is 0 Å². The normalized spacial score (nSPS) is 28.1. The minimum atomic E-state index is -0.572. The van der Waals surface area contributed by atoms with Crippen LogP contribution >= 0.6 is 15.9 Å². The Labute approximate surface area is 117 Å². The first-order chi connectivity index (χ1) is 8.50. The third kappa shape index (κ3) is 3.23. The van der Waals surface area contributed by atoms with E-state index < -0.39 is 5.60 Å². The monoisotopic (exact) mass is 312 g/mol. The van der Waals surface area contributed by atoms with Gasteiger partial charge in [0.1, 0.15) is 5.82 Å². The van der Waals surface area contributed by atoms with Crippen LogP contribution in [0.3, 0.4) is 0 Å². The molecule has 4 heteroatoms. The second-order valence-electron chi connectivity index (χ2n) is 5.55. The number of nitrogens with zero attached hydrogens (tertiary/aromatic N) is 1. The smallest absolute Gasteiger partial charge is 0.140 e. The van der Waals surface area contributed by atoms with Crippen LogP contribution in [-0.4, -0.2) is 22.2 Å². The molecule has 1 fully saturated rings. The van der Waals surface area contributed by atoms with Gasteiger partial charge in [-0.15, -0.1) is 0 Å². The number of aliphatic hydroxyl groups is 1. The van der Waals surface area contributed by atoms with Crippen LogP contribution in [-0.2, 0) is 0 Å². The lowest BCUT2D eigenvalue weighted by Gasteiger charge is -2.35. The van der Waals surface area contributed by atoms with Gasteiger partial charge in [-0.05, 0) is 66.1 Å². The summed E-state index contributed by atoms with van der Waals surface area (Å²) in [6, 6.07) is 1.96. The van der Waals surface area contributed by atoms with Gasteiger partial charge in [0, 0.05) is 12.7 Å². The van der Waals surface area contributed by atoms with E-state index >= 15 is 0 Å². The fourth-order valence-electron chi connectivity index (χ4n) is 2.39. The average Bonchev–Trinajstić information content (AvgIpc) is 2.35. The quantitative estimate of drug-likeness (QED) is 0.897. The molecule has 0 radical (unpaired) electrons. The fraction of sp³-hybridized carbons (Fsp3) is 0.643. The lowest BCUT2D eigenvalue weighted by molar-refractivity contribution is 0.00493. The molecule has 0 spiro atoms. The summed E-state index contributed by atoms with van der Waals surface area (Å²) in [7, 11) is 0. The number of anilines is 1. The van der Waals surface area contributed by atoms with Crippen molar-refractivity contribution in [2.45, 2.75) is 45.1 Å². The number of hydrogen-bond acceptors (Lipinski definition) is 3. The molecule has 0 unspecified atom stereocenters. The van der Waals surface area contributed by atoms with Crippen molar-refractivity contribution in [2.75, 3.05) is 11.9 Å². The number of aromatic nitrogens is 1. The van der Waals surface area contributed by atoms with Gasteiger partial charge in [0.05, 0.1) is 10.1 Å². The molecule has 1 aliphatic rings.